The van der Waals surface area contributed by atoms with Crippen LogP contribution in [0.5, 0.6) is 0 Å². The summed E-state index contributed by atoms with van der Waals surface area (Å²) >= 11 is 1.11. The van der Waals surface area contributed by atoms with Crippen LogP contribution in [0.1, 0.15) is 0 Å². The van der Waals surface area contributed by atoms with Crippen LogP contribution in [0, 0.1) is 5.82 Å². The summed E-state index contributed by atoms with van der Waals surface area (Å²) in [6, 6.07) is 10.9. The van der Waals surface area contributed by atoms with Gasteiger partial charge in [0.15, 0.2) is 0 Å². The molecule has 8 heteroatoms. The number of carbonyl (C=O) groups excluding carboxylic acids is 1. The van der Waals surface area contributed by atoms with Crippen LogP contribution in [-0.2, 0) is 4.79 Å². The van der Waals surface area contributed by atoms with E-state index in [9.17, 15) is 9.18 Å². The lowest BCUT2D eigenvalue weighted by atomic mass is 10.3. The van der Waals surface area contributed by atoms with Crippen molar-refractivity contribution in [3.8, 4) is 11.6 Å². The largest absolute Gasteiger partial charge is 0.410 e. The fraction of sp³-hybridized carbons (Fsp3) is 0.0667. The Morgan fingerprint density at radius 1 is 1.17 bits per heavy atom. The van der Waals surface area contributed by atoms with Crippen LogP contribution in [0.4, 0.5) is 10.1 Å². The first-order valence-corrected chi connectivity index (χ1v) is 7.62. The Labute approximate surface area is 135 Å². The summed E-state index contributed by atoms with van der Waals surface area (Å²) < 4.78 is 18.2. The Hall–Kier alpha value is -2.74. The fourth-order valence-electron chi connectivity index (χ4n) is 1.72. The first kappa shape index (κ1) is 15.2. The molecular weight excluding hydrogens is 319 g/mol. The number of nitrogens with one attached hydrogen (secondary N) is 1. The summed E-state index contributed by atoms with van der Waals surface area (Å²) in [6.45, 7) is 0. The highest BCUT2D eigenvalue weighted by Gasteiger charge is 2.11. The van der Waals surface area contributed by atoms with Crippen LogP contribution in [-0.4, -0.2) is 26.8 Å². The highest BCUT2D eigenvalue weighted by molar-refractivity contribution is 7.99. The molecule has 6 nitrogen and oxygen atoms in total. The van der Waals surface area contributed by atoms with E-state index < -0.39 is 0 Å². The van der Waals surface area contributed by atoms with Gasteiger partial charge in [-0.15, -0.1) is 10.2 Å². The van der Waals surface area contributed by atoms with E-state index in [1.807, 2.05) is 6.07 Å². The molecule has 0 bridgehead atoms. The lowest BCUT2D eigenvalue weighted by molar-refractivity contribution is -0.113. The molecule has 2 heterocycles. The van der Waals surface area contributed by atoms with Gasteiger partial charge in [-0.1, -0.05) is 17.8 Å². The highest BCUT2D eigenvalue weighted by atomic mass is 32.2. The Balaban J connectivity index is 1.55. The Kier molecular flexibility index (Phi) is 4.62. The van der Waals surface area contributed by atoms with Crippen molar-refractivity contribution in [3.63, 3.8) is 0 Å². The maximum Gasteiger partial charge on any atom is 0.277 e. The number of anilines is 1. The van der Waals surface area contributed by atoms with Crippen molar-refractivity contribution in [2.75, 3.05) is 11.1 Å². The minimum atomic E-state index is -0.356. The van der Waals surface area contributed by atoms with Gasteiger partial charge in [-0.25, -0.2) is 4.39 Å². The fourth-order valence-corrected chi connectivity index (χ4v) is 2.28. The third-order valence-corrected chi connectivity index (χ3v) is 3.56. The van der Waals surface area contributed by atoms with Crippen molar-refractivity contribution in [3.05, 3.63) is 54.5 Å². The van der Waals surface area contributed by atoms with Crippen molar-refractivity contribution in [2.45, 2.75) is 5.22 Å². The molecule has 0 radical (unpaired) electrons. The number of halogens is 1. The predicted molar refractivity (Wildman–Crippen MR) is 83.3 cm³/mol. The molecular formula is C15H11FN4O2S. The van der Waals surface area contributed by atoms with Crippen LogP contribution in [0.15, 0.2) is 58.3 Å². The van der Waals surface area contributed by atoms with Crippen molar-refractivity contribution in [1.29, 1.82) is 0 Å². The zero-order chi connectivity index (χ0) is 16.1. The molecule has 1 amide bonds. The van der Waals surface area contributed by atoms with Crippen LogP contribution >= 0.6 is 11.8 Å². The maximum atomic E-state index is 12.8. The van der Waals surface area contributed by atoms with E-state index in [4.69, 9.17) is 4.42 Å². The summed E-state index contributed by atoms with van der Waals surface area (Å²) in [5.74, 6) is -0.210. The topological polar surface area (TPSA) is 80.9 Å². The van der Waals surface area contributed by atoms with Gasteiger partial charge in [0.25, 0.3) is 11.1 Å². The first-order chi connectivity index (χ1) is 11.2. The normalized spacial score (nSPS) is 10.5. The standard InChI is InChI=1S/C15H11FN4O2S/c16-10-4-6-11(7-5-10)18-13(21)9-23-15-20-19-14(22-15)12-3-1-2-8-17-12/h1-8H,9H2,(H,18,21). The minimum absolute atomic E-state index is 0.0984. The predicted octanol–water partition coefficient (Wildman–Crippen LogP) is 3.00. The SMILES string of the molecule is O=C(CSc1nnc(-c2ccccn2)o1)Nc1ccc(F)cc1. The molecule has 0 atom stereocenters. The Morgan fingerprint density at radius 2 is 2.00 bits per heavy atom. The van der Waals surface area contributed by atoms with Crippen LogP contribution in [0.3, 0.4) is 0 Å². The molecule has 0 aliphatic heterocycles. The number of thioether (sulfide) groups is 1. The van der Waals surface area contributed by atoms with Gasteiger partial charge in [0, 0.05) is 11.9 Å². The molecule has 0 aliphatic carbocycles. The van der Waals surface area contributed by atoms with Crippen molar-refractivity contribution in [2.24, 2.45) is 0 Å². The number of amides is 1. The molecule has 0 saturated heterocycles. The van der Waals surface area contributed by atoms with Gasteiger partial charge in [-0.3, -0.25) is 9.78 Å². The molecule has 116 valence electrons. The van der Waals surface area contributed by atoms with E-state index in [0.29, 0.717) is 17.3 Å². The van der Waals surface area contributed by atoms with Crippen molar-refractivity contribution >= 4 is 23.4 Å². The second-order valence-corrected chi connectivity index (χ2v) is 5.36. The average Bonchev–Trinajstić information content (AvgIpc) is 3.05. The molecule has 3 aromatic rings. The number of hydrogen-bond donors (Lipinski definition) is 1. The third-order valence-electron chi connectivity index (χ3n) is 2.75. The van der Waals surface area contributed by atoms with Gasteiger partial charge in [0.05, 0.1) is 5.75 Å². The second-order valence-electron chi connectivity index (χ2n) is 4.43. The number of aromatic nitrogens is 3. The third kappa shape index (κ3) is 4.13. The number of benzene rings is 1. The quantitative estimate of drug-likeness (QED) is 0.724. The number of nitrogens with zero attached hydrogens (tertiary/aromatic N) is 3. The summed E-state index contributed by atoms with van der Waals surface area (Å²) in [4.78, 5) is 15.9. The van der Waals surface area contributed by atoms with E-state index in [2.05, 4.69) is 20.5 Å². The smallest absolute Gasteiger partial charge is 0.277 e. The highest BCUT2D eigenvalue weighted by Crippen LogP contribution is 2.21. The lowest BCUT2D eigenvalue weighted by Gasteiger charge is -2.03. The molecule has 1 aromatic carbocycles. The second kappa shape index (κ2) is 7.01. The van der Waals surface area contributed by atoms with Crippen molar-refractivity contribution < 1.29 is 13.6 Å². The Bertz CT molecular complexity index is 793. The number of pyridine rings is 1. The summed E-state index contributed by atoms with van der Waals surface area (Å²) in [5, 5.41) is 10.7. The lowest BCUT2D eigenvalue weighted by Crippen LogP contribution is -2.13. The van der Waals surface area contributed by atoms with Gasteiger partial charge in [0.1, 0.15) is 11.5 Å². The number of hydrogen-bond acceptors (Lipinski definition) is 6. The van der Waals surface area contributed by atoms with Gasteiger partial charge < -0.3 is 9.73 Å². The first-order valence-electron chi connectivity index (χ1n) is 6.64. The Morgan fingerprint density at radius 3 is 2.74 bits per heavy atom. The molecule has 0 spiro atoms. The van der Waals surface area contributed by atoms with E-state index in [0.717, 1.165) is 11.8 Å². The molecule has 1 N–H and O–H groups in total. The number of rotatable bonds is 5. The van der Waals surface area contributed by atoms with E-state index in [-0.39, 0.29) is 22.7 Å². The van der Waals surface area contributed by atoms with Gasteiger partial charge in [0.2, 0.25) is 5.91 Å². The molecule has 2 aromatic heterocycles. The summed E-state index contributed by atoms with van der Waals surface area (Å²) in [6.07, 6.45) is 1.63. The van der Waals surface area contributed by atoms with Gasteiger partial charge in [-0.2, -0.15) is 0 Å². The van der Waals surface area contributed by atoms with Crippen LogP contribution in [0.25, 0.3) is 11.6 Å². The molecule has 0 aliphatic rings. The molecule has 3 rings (SSSR count). The van der Waals surface area contributed by atoms with E-state index in [1.165, 1.54) is 24.3 Å². The van der Waals surface area contributed by atoms with Gasteiger partial charge >= 0.3 is 0 Å². The van der Waals surface area contributed by atoms with Crippen LogP contribution < -0.4 is 5.32 Å². The van der Waals surface area contributed by atoms with E-state index >= 15 is 0 Å². The van der Waals surface area contributed by atoms with E-state index in [1.54, 1.807) is 18.3 Å². The summed E-state index contributed by atoms with van der Waals surface area (Å²) in [7, 11) is 0. The van der Waals surface area contributed by atoms with Crippen LogP contribution in [0.2, 0.25) is 0 Å². The molecule has 0 unspecified atom stereocenters. The molecule has 0 fully saturated rings. The zero-order valence-electron chi connectivity index (χ0n) is 11.8. The zero-order valence-corrected chi connectivity index (χ0v) is 12.6. The maximum absolute atomic E-state index is 12.8. The summed E-state index contributed by atoms with van der Waals surface area (Å²) in [5.41, 5.74) is 1.10. The monoisotopic (exact) mass is 330 g/mol. The number of carbonyl (C=O) groups is 1. The molecule has 23 heavy (non-hydrogen) atoms. The average molecular weight is 330 g/mol. The van der Waals surface area contributed by atoms with Gasteiger partial charge in [-0.05, 0) is 36.4 Å². The van der Waals surface area contributed by atoms with Crippen molar-refractivity contribution in [1.82, 2.24) is 15.2 Å². The minimum Gasteiger partial charge on any atom is -0.410 e. The molecule has 0 saturated carbocycles.